The number of hydrogen-bond acceptors (Lipinski definition) is 6. The molecule has 1 N–H and O–H groups in total. The Labute approximate surface area is 179 Å². The number of nitrogens with one attached hydrogen (secondary N) is 1. The van der Waals surface area contributed by atoms with E-state index in [1.165, 1.54) is 11.3 Å². The van der Waals surface area contributed by atoms with Crippen LogP contribution in [0.3, 0.4) is 0 Å². The lowest BCUT2D eigenvalue weighted by Gasteiger charge is -2.31. The molecule has 1 aromatic heterocycles. The lowest BCUT2D eigenvalue weighted by molar-refractivity contribution is -0.134. The number of anilines is 1. The minimum absolute atomic E-state index is 0.0134. The topological polar surface area (TPSA) is 84.9 Å². The van der Waals surface area contributed by atoms with Crippen molar-refractivity contribution < 1.29 is 23.9 Å². The monoisotopic (exact) mass is 428 g/mol. The highest BCUT2D eigenvalue weighted by atomic mass is 32.1. The molecule has 8 heteroatoms. The summed E-state index contributed by atoms with van der Waals surface area (Å²) in [5.41, 5.74) is 0.671. The van der Waals surface area contributed by atoms with E-state index in [0.29, 0.717) is 48.0 Å². The van der Waals surface area contributed by atoms with E-state index in [2.05, 4.69) is 5.32 Å². The van der Waals surface area contributed by atoms with Gasteiger partial charge in [-0.3, -0.25) is 14.4 Å². The molecular weight excluding hydrogens is 404 g/mol. The molecule has 1 saturated heterocycles. The number of ether oxygens (including phenoxy) is 2. The van der Waals surface area contributed by atoms with Gasteiger partial charge in [0.15, 0.2) is 17.3 Å². The molecular formula is C22H24N2O5S. The molecule has 0 spiro atoms. The van der Waals surface area contributed by atoms with Gasteiger partial charge >= 0.3 is 0 Å². The zero-order valence-electron chi connectivity index (χ0n) is 16.8. The standard InChI is InChI=1S/C22H24N2O5S/c1-14-2-6-20(30-14)17(25)4-7-21(26)24-10-8-15(9-11-24)22(27)23-16-3-5-18-19(12-16)29-13-28-18/h2-3,5-6,12,15H,4,7-11,13H2,1H3,(H,23,27). The van der Waals surface area contributed by atoms with Crippen molar-refractivity contribution in [2.24, 2.45) is 5.92 Å². The van der Waals surface area contributed by atoms with Crippen LogP contribution >= 0.6 is 11.3 Å². The molecule has 0 aliphatic carbocycles. The maximum absolute atomic E-state index is 12.6. The second-order valence-corrected chi connectivity index (χ2v) is 8.83. The Morgan fingerprint density at radius 2 is 1.83 bits per heavy atom. The summed E-state index contributed by atoms with van der Waals surface area (Å²) < 4.78 is 10.6. The van der Waals surface area contributed by atoms with Crippen LogP contribution < -0.4 is 14.8 Å². The van der Waals surface area contributed by atoms with Crippen LogP contribution in [0, 0.1) is 12.8 Å². The molecule has 30 heavy (non-hydrogen) atoms. The van der Waals surface area contributed by atoms with Gasteiger partial charge in [0.25, 0.3) is 0 Å². The molecule has 2 aromatic rings. The largest absolute Gasteiger partial charge is 0.454 e. The van der Waals surface area contributed by atoms with E-state index in [1.54, 1.807) is 23.1 Å². The molecule has 158 valence electrons. The summed E-state index contributed by atoms with van der Waals surface area (Å²) in [5, 5.41) is 2.92. The van der Waals surface area contributed by atoms with Crippen LogP contribution in [-0.2, 0) is 9.59 Å². The van der Waals surface area contributed by atoms with Gasteiger partial charge in [0.05, 0.1) is 4.88 Å². The number of hydrogen-bond donors (Lipinski definition) is 1. The minimum Gasteiger partial charge on any atom is -0.454 e. The van der Waals surface area contributed by atoms with Gasteiger partial charge in [0, 0.05) is 48.5 Å². The smallest absolute Gasteiger partial charge is 0.231 e. The molecule has 1 aromatic carbocycles. The predicted octanol–water partition coefficient (Wildman–Crippen LogP) is 3.63. The van der Waals surface area contributed by atoms with E-state index in [4.69, 9.17) is 9.47 Å². The first-order valence-corrected chi connectivity index (χ1v) is 10.9. The maximum Gasteiger partial charge on any atom is 0.231 e. The molecule has 7 nitrogen and oxygen atoms in total. The molecule has 0 atom stereocenters. The average Bonchev–Trinajstić information content (AvgIpc) is 3.40. The normalized spacial score (nSPS) is 15.8. The number of likely N-dealkylation sites (tertiary alicyclic amines) is 1. The molecule has 0 saturated carbocycles. The van der Waals surface area contributed by atoms with E-state index in [9.17, 15) is 14.4 Å². The SMILES string of the molecule is Cc1ccc(C(=O)CCC(=O)N2CCC(C(=O)Nc3ccc4c(c3)OCO4)CC2)s1. The second-order valence-electron chi connectivity index (χ2n) is 7.55. The van der Waals surface area contributed by atoms with Crippen LogP contribution in [0.5, 0.6) is 11.5 Å². The van der Waals surface area contributed by atoms with Crippen molar-refractivity contribution in [2.45, 2.75) is 32.6 Å². The number of amides is 2. The van der Waals surface area contributed by atoms with Crippen molar-refractivity contribution >= 4 is 34.6 Å². The van der Waals surface area contributed by atoms with Crippen molar-refractivity contribution in [1.82, 2.24) is 4.90 Å². The minimum atomic E-state index is -0.143. The summed E-state index contributed by atoms with van der Waals surface area (Å²) >= 11 is 1.46. The third-order valence-corrected chi connectivity index (χ3v) is 6.48. The fourth-order valence-electron chi connectivity index (χ4n) is 3.70. The number of piperidine rings is 1. The summed E-state index contributed by atoms with van der Waals surface area (Å²) in [5.74, 6) is 1.10. The second kappa shape index (κ2) is 8.87. The third kappa shape index (κ3) is 4.64. The zero-order chi connectivity index (χ0) is 21.1. The molecule has 0 radical (unpaired) electrons. The van der Waals surface area contributed by atoms with E-state index < -0.39 is 0 Å². The lowest BCUT2D eigenvalue weighted by Crippen LogP contribution is -2.41. The first-order valence-electron chi connectivity index (χ1n) is 10.1. The van der Waals surface area contributed by atoms with Crippen molar-refractivity contribution in [1.29, 1.82) is 0 Å². The summed E-state index contributed by atoms with van der Waals surface area (Å²) in [7, 11) is 0. The Kier molecular flexibility index (Phi) is 6.03. The number of benzene rings is 1. The number of nitrogens with zero attached hydrogens (tertiary/aromatic N) is 1. The van der Waals surface area contributed by atoms with E-state index >= 15 is 0 Å². The molecule has 1 fully saturated rings. The van der Waals surface area contributed by atoms with Crippen LogP contribution in [0.4, 0.5) is 5.69 Å². The van der Waals surface area contributed by atoms with Crippen molar-refractivity contribution in [2.75, 3.05) is 25.2 Å². The van der Waals surface area contributed by atoms with Crippen LogP contribution in [-0.4, -0.2) is 42.4 Å². The van der Waals surface area contributed by atoms with Gasteiger partial charge in [-0.25, -0.2) is 0 Å². The average molecular weight is 429 g/mol. The Balaban J connectivity index is 1.22. The first-order chi connectivity index (χ1) is 14.5. The van der Waals surface area contributed by atoms with Gasteiger partial charge in [0.2, 0.25) is 18.6 Å². The molecule has 0 bridgehead atoms. The van der Waals surface area contributed by atoms with E-state index in [0.717, 1.165) is 4.88 Å². The lowest BCUT2D eigenvalue weighted by atomic mass is 9.95. The van der Waals surface area contributed by atoms with Crippen LogP contribution in [0.1, 0.15) is 40.2 Å². The summed E-state index contributed by atoms with van der Waals surface area (Å²) in [6.07, 6.45) is 1.66. The zero-order valence-corrected chi connectivity index (χ0v) is 17.6. The van der Waals surface area contributed by atoms with Crippen molar-refractivity contribution in [3.63, 3.8) is 0 Å². The number of ketones is 1. The Morgan fingerprint density at radius 3 is 2.57 bits per heavy atom. The number of aryl methyl sites for hydroxylation is 1. The molecule has 4 rings (SSSR count). The molecule has 3 heterocycles. The predicted molar refractivity (Wildman–Crippen MR) is 113 cm³/mol. The number of carbonyl (C=O) groups excluding carboxylic acids is 3. The summed E-state index contributed by atoms with van der Waals surface area (Å²) in [4.78, 5) is 40.8. The number of Topliss-reactive ketones (excluding diaryl/α,β-unsaturated/α-hetero) is 1. The number of carbonyl (C=O) groups is 3. The van der Waals surface area contributed by atoms with Gasteiger partial charge in [0.1, 0.15) is 0 Å². The fourth-order valence-corrected chi connectivity index (χ4v) is 4.53. The van der Waals surface area contributed by atoms with Gasteiger partial charge < -0.3 is 19.7 Å². The van der Waals surface area contributed by atoms with E-state index in [-0.39, 0.29) is 43.2 Å². The Morgan fingerprint density at radius 1 is 1.07 bits per heavy atom. The molecule has 0 unspecified atom stereocenters. The summed E-state index contributed by atoms with van der Waals surface area (Å²) in [6.45, 7) is 3.21. The highest BCUT2D eigenvalue weighted by molar-refractivity contribution is 7.14. The van der Waals surface area contributed by atoms with Crippen LogP contribution in [0.2, 0.25) is 0 Å². The maximum atomic E-state index is 12.6. The molecule has 2 aliphatic heterocycles. The van der Waals surface area contributed by atoms with Gasteiger partial charge in [-0.15, -0.1) is 11.3 Å². The Bertz CT molecular complexity index is 962. The highest BCUT2D eigenvalue weighted by Crippen LogP contribution is 2.34. The quantitative estimate of drug-likeness (QED) is 0.711. The number of rotatable bonds is 6. The van der Waals surface area contributed by atoms with Gasteiger partial charge in [-0.2, -0.15) is 0 Å². The fraction of sp³-hybridized carbons (Fsp3) is 0.409. The van der Waals surface area contributed by atoms with Gasteiger partial charge in [-0.05, 0) is 44.0 Å². The first kappa shape index (κ1) is 20.4. The van der Waals surface area contributed by atoms with Gasteiger partial charge in [-0.1, -0.05) is 0 Å². The summed E-state index contributed by atoms with van der Waals surface area (Å²) in [6, 6.07) is 9.05. The van der Waals surface area contributed by atoms with Crippen molar-refractivity contribution in [3.05, 3.63) is 40.1 Å². The van der Waals surface area contributed by atoms with Crippen molar-refractivity contribution in [3.8, 4) is 11.5 Å². The Hall–Kier alpha value is -2.87. The van der Waals surface area contributed by atoms with Crippen LogP contribution in [0.15, 0.2) is 30.3 Å². The molecule has 2 aliphatic rings. The highest BCUT2D eigenvalue weighted by Gasteiger charge is 2.28. The number of fused-ring (bicyclic) bond motifs is 1. The number of thiophene rings is 1. The third-order valence-electron chi connectivity index (χ3n) is 5.44. The van der Waals surface area contributed by atoms with Crippen LogP contribution in [0.25, 0.3) is 0 Å². The molecule has 2 amide bonds. The van der Waals surface area contributed by atoms with E-state index in [1.807, 2.05) is 19.1 Å².